The maximum atomic E-state index is 13.1. The molecule has 72 heavy (non-hydrogen) atoms. The van der Waals surface area contributed by atoms with Gasteiger partial charge in [0.15, 0.2) is 6.29 Å². The molecule has 1 aliphatic rings. The number of unbranched alkanes of at least 4 members (excludes halogenated alkanes) is 47. The zero-order valence-electron chi connectivity index (χ0n) is 48.0. The predicted molar refractivity (Wildman–Crippen MR) is 304 cm³/mol. The van der Waals surface area contributed by atoms with Gasteiger partial charge in [0.05, 0.1) is 25.4 Å². The van der Waals surface area contributed by atoms with Crippen molar-refractivity contribution in [2.45, 2.75) is 384 Å². The SMILES string of the molecule is CCCCCCCCCCCCCCCCCCCCCCCCCCCCCCCCCCCCCCC(=O)NC(COC1OC(CO)C(O)C(O)C1O)C(O)CCCCCCCCCCCCCCC. The number of hydrogen-bond donors (Lipinski definition) is 6. The van der Waals surface area contributed by atoms with E-state index in [1.165, 1.54) is 276 Å². The highest BCUT2D eigenvalue weighted by molar-refractivity contribution is 5.76. The van der Waals surface area contributed by atoms with Crippen molar-refractivity contribution in [3.8, 4) is 0 Å². The third-order valence-corrected chi connectivity index (χ3v) is 16.0. The highest BCUT2D eigenvalue weighted by atomic mass is 16.7. The Morgan fingerprint density at radius 1 is 0.417 bits per heavy atom. The van der Waals surface area contributed by atoms with Gasteiger partial charge in [-0.15, -0.1) is 0 Å². The molecule has 1 heterocycles. The van der Waals surface area contributed by atoms with Gasteiger partial charge in [-0.1, -0.05) is 322 Å². The summed E-state index contributed by atoms with van der Waals surface area (Å²) in [5, 5.41) is 54.6. The van der Waals surface area contributed by atoms with Gasteiger partial charge in [0.25, 0.3) is 0 Å². The van der Waals surface area contributed by atoms with Crippen molar-refractivity contribution in [2.75, 3.05) is 13.2 Å². The lowest BCUT2D eigenvalue weighted by Gasteiger charge is -2.40. The van der Waals surface area contributed by atoms with Crippen LogP contribution in [0.25, 0.3) is 0 Å². The summed E-state index contributed by atoms with van der Waals surface area (Å²) >= 11 is 0. The highest BCUT2D eigenvalue weighted by Crippen LogP contribution is 2.24. The van der Waals surface area contributed by atoms with E-state index in [4.69, 9.17) is 9.47 Å². The first-order valence-corrected chi connectivity index (χ1v) is 32.2. The summed E-state index contributed by atoms with van der Waals surface area (Å²) in [6, 6.07) is -0.713. The molecule has 0 spiro atoms. The van der Waals surface area contributed by atoms with Crippen molar-refractivity contribution in [1.82, 2.24) is 5.32 Å². The summed E-state index contributed by atoms with van der Waals surface area (Å²) in [4.78, 5) is 13.1. The maximum Gasteiger partial charge on any atom is 0.220 e. The smallest absolute Gasteiger partial charge is 0.220 e. The molecule has 1 fully saturated rings. The number of amides is 1. The second kappa shape index (κ2) is 53.6. The average Bonchev–Trinajstić information content (AvgIpc) is 3.38. The lowest BCUT2D eigenvalue weighted by Crippen LogP contribution is -2.60. The molecule has 7 atom stereocenters. The van der Waals surface area contributed by atoms with E-state index >= 15 is 0 Å². The van der Waals surface area contributed by atoms with E-state index in [9.17, 15) is 30.3 Å². The molecule has 6 N–H and O–H groups in total. The van der Waals surface area contributed by atoms with Gasteiger partial charge in [0, 0.05) is 6.42 Å². The van der Waals surface area contributed by atoms with Crippen LogP contribution < -0.4 is 5.32 Å². The third-order valence-electron chi connectivity index (χ3n) is 16.0. The summed E-state index contributed by atoms with van der Waals surface area (Å²) in [5.41, 5.74) is 0. The van der Waals surface area contributed by atoms with Gasteiger partial charge >= 0.3 is 0 Å². The summed E-state index contributed by atoms with van der Waals surface area (Å²) in [7, 11) is 0. The van der Waals surface area contributed by atoms with Gasteiger partial charge in [-0.3, -0.25) is 4.79 Å². The van der Waals surface area contributed by atoms with E-state index in [0.717, 1.165) is 38.5 Å². The summed E-state index contributed by atoms with van der Waals surface area (Å²) in [6.45, 7) is 3.88. The standard InChI is InChI=1S/C63H125NO8/c1-3-5-7-9-11-13-15-17-18-19-20-21-22-23-24-25-26-27-28-29-30-31-32-33-34-35-36-37-38-39-41-43-45-47-49-51-53-59(67)64-56(55-71-63-62(70)61(69)60(68)58(54-65)72-63)57(66)52-50-48-46-44-42-40-16-14-12-10-8-6-4-2/h56-58,60-63,65-66,68-70H,3-55H2,1-2H3,(H,64,67). The zero-order chi connectivity index (χ0) is 52.2. The molecule has 0 saturated carbocycles. The number of carbonyl (C=O) groups is 1. The van der Waals surface area contributed by atoms with E-state index in [0.29, 0.717) is 12.8 Å². The minimum absolute atomic E-state index is 0.131. The molecule has 1 rings (SSSR count). The number of hydrogen-bond acceptors (Lipinski definition) is 8. The highest BCUT2D eigenvalue weighted by Gasteiger charge is 2.44. The van der Waals surface area contributed by atoms with Gasteiger partial charge < -0.3 is 40.3 Å². The van der Waals surface area contributed by atoms with Crippen LogP contribution in [0.2, 0.25) is 0 Å². The van der Waals surface area contributed by atoms with Crippen molar-refractivity contribution in [2.24, 2.45) is 0 Å². The normalized spacial score (nSPS) is 19.0. The molecule has 0 aromatic carbocycles. The average molecular weight is 1020 g/mol. The summed E-state index contributed by atoms with van der Waals surface area (Å²) in [5.74, 6) is -0.136. The summed E-state index contributed by atoms with van der Waals surface area (Å²) in [6.07, 6.45) is 59.0. The number of rotatable bonds is 57. The van der Waals surface area contributed by atoms with Gasteiger partial charge in [-0.2, -0.15) is 0 Å². The van der Waals surface area contributed by atoms with Crippen LogP contribution in [-0.2, 0) is 14.3 Å². The molecule has 9 heteroatoms. The molecule has 0 aliphatic carbocycles. The zero-order valence-corrected chi connectivity index (χ0v) is 48.0. The Balaban J connectivity index is 2.02. The van der Waals surface area contributed by atoms with E-state index in [1.807, 2.05) is 0 Å². The minimum atomic E-state index is -1.55. The first-order chi connectivity index (χ1) is 35.3. The largest absolute Gasteiger partial charge is 0.394 e. The van der Waals surface area contributed by atoms with Crippen LogP contribution in [0.5, 0.6) is 0 Å². The van der Waals surface area contributed by atoms with Crippen LogP contribution in [0.1, 0.15) is 341 Å². The molecule has 0 radical (unpaired) electrons. The van der Waals surface area contributed by atoms with Crippen molar-refractivity contribution < 1.29 is 39.8 Å². The van der Waals surface area contributed by atoms with Crippen LogP contribution >= 0.6 is 0 Å². The molecule has 0 bridgehead atoms. The lowest BCUT2D eigenvalue weighted by molar-refractivity contribution is -0.302. The van der Waals surface area contributed by atoms with E-state index in [1.54, 1.807) is 0 Å². The molecule has 1 aliphatic heterocycles. The van der Waals surface area contributed by atoms with Crippen molar-refractivity contribution in [1.29, 1.82) is 0 Å². The Bertz CT molecular complexity index is 1100. The van der Waals surface area contributed by atoms with Crippen LogP contribution in [-0.4, -0.2) is 87.5 Å². The van der Waals surface area contributed by atoms with Crippen molar-refractivity contribution in [3.05, 3.63) is 0 Å². The lowest BCUT2D eigenvalue weighted by atomic mass is 9.99. The van der Waals surface area contributed by atoms with Crippen molar-refractivity contribution >= 4 is 5.91 Å². The Morgan fingerprint density at radius 2 is 0.694 bits per heavy atom. The van der Waals surface area contributed by atoms with E-state index < -0.39 is 49.5 Å². The number of aliphatic hydroxyl groups is 5. The number of nitrogens with one attached hydrogen (secondary N) is 1. The number of carbonyl (C=O) groups excluding carboxylic acids is 1. The number of aliphatic hydroxyl groups excluding tert-OH is 5. The monoisotopic (exact) mass is 1020 g/mol. The van der Waals surface area contributed by atoms with Crippen LogP contribution in [0.15, 0.2) is 0 Å². The fraction of sp³-hybridized carbons (Fsp3) is 0.984. The molecule has 430 valence electrons. The Hall–Kier alpha value is -0.810. The van der Waals surface area contributed by atoms with Gasteiger partial charge in [0.1, 0.15) is 24.4 Å². The van der Waals surface area contributed by atoms with Gasteiger partial charge in [-0.05, 0) is 12.8 Å². The Labute approximate surface area is 446 Å². The molecular formula is C63H125NO8. The van der Waals surface area contributed by atoms with Gasteiger partial charge in [-0.25, -0.2) is 0 Å². The Kier molecular flexibility index (Phi) is 51.5. The molecule has 1 amide bonds. The second-order valence-electron chi connectivity index (χ2n) is 22.9. The fourth-order valence-corrected chi connectivity index (χ4v) is 10.9. The summed E-state index contributed by atoms with van der Waals surface area (Å²) < 4.78 is 11.3. The number of ether oxygens (including phenoxy) is 2. The molecule has 9 nitrogen and oxygen atoms in total. The molecule has 1 saturated heterocycles. The quantitative estimate of drug-likeness (QED) is 0.0330. The van der Waals surface area contributed by atoms with E-state index in [2.05, 4.69) is 19.2 Å². The molecule has 0 aromatic heterocycles. The third kappa shape index (κ3) is 42.3. The van der Waals surface area contributed by atoms with Crippen molar-refractivity contribution in [3.63, 3.8) is 0 Å². The molecular weight excluding hydrogens is 899 g/mol. The molecule has 0 aromatic rings. The first kappa shape index (κ1) is 69.2. The van der Waals surface area contributed by atoms with Crippen LogP contribution in [0.4, 0.5) is 0 Å². The van der Waals surface area contributed by atoms with Crippen LogP contribution in [0, 0.1) is 0 Å². The second-order valence-corrected chi connectivity index (χ2v) is 22.9. The first-order valence-electron chi connectivity index (χ1n) is 32.2. The minimum Gasteiger partial charge on any atom is -0.394 e. The van der Waals surface area contributed by atoms with Crippen LogP contribution in [0.3, 0.4) is 0 Å². The van der Waals surface area contributed by atoms with E-state index in [-0.39, 0.29) is 12.5 Å². The predicted octanol–water partition coefficient (Wildman–Crippen LogP) is 16.6. The Morgan fingerprint density at radius 3 is 0.986 bits per heavy atom. The molecule has 7 unspecified atom stereocenters. The fourth-order valence-electron chi connectivity index (χ4n) is 10.9. The van der Waals surface area contributed by atoms with Gasteiger partial charge in [0.2, 0.25) is 5.91 Å². The maximum absolute atomic E-state index is 13.1. The topological polar surface area (TPSA) is 149 Å².